The smallest absolute Gasteiger partial charge is 0.426 e. The molecule has 232 valence electrons. The average Bonchev–Trinajstić information content (AvgIpc) is 3.01. The Morgan fingerprint density at radius 3 is 1.80 bits per heavy atom. The Hall–Kier alpha value is -5.61. The molecule has 4 aromatic rings. The number of nitrogens with two attached hydrogens (primary N) is 1. The number of amidine groups is 1. The fraction of sp³-hybridized carbons (Fsp3) is 0.125. The second-order valence-electron chi connectivity index (χ2n) is 9.77. The summed E-state index contributed by atoms with van der Waals surface area (Å²) in [5, 5.41) is 15.8. The maximum atomic E-state index is 14.9. The van der Waals surface area contributed by atoms with Crippen molar-refractivity contribution in [3.05, 3.63) is 120 Å². The summed E-state index contributed by atoms with van der Waals surface area (Å²) in [6.45, 7) is 2.86. The van der Waals surface area contributed by atoms with Gasteiger partial charge in [-0.15, -0.1) is 0 Å². The summed E-state index contributed by atoms with van der Waals surface area (Å²) < 4.78 is 32.7. The monoisotopic (exact) mass is 629 g/mol. The van der Waals surface area contributed by atoms with E-state index in [4.69, 9.17) is 24.9 Å². The van der Waals surface area contributed by atoms with Crippen LogP contribution in [-0.4, -0.2) is 23.7 Å². The lowest BCUT2D eigenvalue weighted by atomic mass is 10.1. The number of amides is 3. The lowest BCUT2D eigenvalue weighted by molar-refractivity contribution is -0.115. The van der Waals surface area contributed by atoms with E-state index in [1.807, 2.05) is 30.3 Å². The summed E-state index contributed by atoms with van der Waals surface area (Å²) in [5.74, 6) is -2.28. The van der Waals surface area contributed by atoms with Crippen molar-refractivity contribution in [2.45, 2.75) is 26.2 Å². The third kappa shape index (κ3) is 9.44. The van der Waals surface area contributed by atoms with E-state index >= 15 is 0 Å². The number of alkyl carbamates (subject to hydrolysis) is 1. The molecule has 0 aliphatic carbocycles. The van der Waals surface area contributed by atoms with Gasteiger partial charge in [0.15, 0.2) is 0 Å². The molecule has 1 atom stereocenters. The minimum atomic E-state index is -4.55. The van der Waals surface area contributed by atoms with Crippen LogP contribution in [0.2, 0.25) is 0 Å². The zero-order valence-corrected chi connectivity index (χ0v) is 25.4. The number of nitrogen functional groups attached to an aromatic ring is 1. The molecule has 1 unspecified atom stereocenters. The fourth-order valence-corrected chi connectivity index (χ4v) is 5.91. The predicted octanol–water partition coefficient (Wildman–Crippen LogP) is 6.16. The third-order valence-electron chi connectivity index (χ3n) is 6.08. The zero-order chi connectivity index (χ0) is 32.4. The van der Waals surface area contributed by atoms with Crippen molar-refractivity contribution < 1.29 is 32.7 Å². The van der Waals surface area contributed by atoms with Crippen LogP contribution in [0.3, 0.4) is 0 Å². The van der Waals surface area contributed by atoms with Crippen LogP contribution in [-0.2, 0) is 25.4 Å². The molecule has 0 aliphatic heterocycles. The molecular formula is C32H32N5O7P. The van der Waals surface area contributed by atoms with Gasteiger partial charge >= 0.3 is 13.7 Å². The first kappa shape index (κ1) is 32.3. The Labute approximate surface area is 259 Å². The van der Waals surface area contributed by atoms with Crippen LogP contribution in [0, 0.1) is 5.41 Å². The number of anilines is 2. The van der Waals surface area contributed by atoms with Gasteiger partial charge in [0.05, 0.1) is 0 Å². The van der Waals surface area contributed by atoms with Gasteiger partial charge in [-0.1, -0.05) is 48.5 Å². The molecular weight excluding hydrogens is 597 g/mol. The van der Waals surface area contributed by atoms with Crippen molar-refractivity contribution >= 4 is 42.7 Å². The quantitative estimate of drug-likeness (QED) is 0.0701. The number of benzene rings is 4. The van der Waals surface area contributed by atoms with E-state index in [2.05, 4.69) is 16.0 Å². The Balaban J connectivity index is 1.74. The molecule has 45 heavy (non-hydrogen) atoms. The van der Waals surface area contributed by atoms with Crippen molar-refractivity contribution in [2.24, 2.45) is 5.73 Å². The first-order valence-corrected chi connectivity index (χ1v) is 15.3. The van der Waals surface area contributed by atoms with E-state index in [-0.39, 0.29) is 46.8 Å². The number of hydrogen-bond acceptors (Lipinski definition) is 8. The molecule has 0 saturated carbocycles. The average molecular weight is 630 g/mol. The molecule has 0 heterocycles. The zero-order valence-electron chi connectivity index (χ0n) is 24.5. The molecule has 4 rings (SSSR count). The highest BCUT2D eigenvalue weighted by atomic mass is 31.2. The van der Waals surface area contributed by atoms with Crippen LogP contribution in [0.25, 0.3) is 0 Å². The molecule has 0 saturated heterocycles. The van der Waals surface area contributed by atoms with E-state index in [9.17, 15) is 18.9 Å². The van der Waals surface area contributed by atoms with Gasteiger partial charge in [0.25, 0.3) is 5.85 Å². The van der Waals surface area contributed by atoms with Crippen LogP contribution >= 0.6 is 7.60 Å². The van der Waals surface area contributed by atoms with Crippen molar-refractivity contribution in [3.8, 4) is 11.5 Å². The van der Waals surface area contributed by atoms with Gasteiger partial charge in [0.1, 0.15) is 17.3 Å². The highest BCUT2D eigenvalue weighted by Crippen LogP contribution is 2.61. The van der Waals surface area contributed by atoms with Crippen molar-refractivity contribution in [1.82, 2.24) is 5.32 Å². The van der Waals surface area contributed by atoms with Gasteiger partial charge < -0.3 is 35.5 Å². The van der Waals surface area contributed by atoms with Gasteiger partial charge in [0.2, 0.25) is 11.8 Å². The molecule has 4 aromatic carbocycles. The maximum absolute atomic E-state index is 14.9. The minimum absolute atomic E-state index is 0.0864. The Morgan fingerprint density at radius 1 is 0.778 bits per heavy atom. The van der Waals surface area contributed by atoms with E-state index in [1.165, 1.54) is 44.2 Å². The Morgan fingerprint density at radius 2 is 1.31 bits per heavy atom. The van der Waals surface area contributed by atoms with Gasteiger partial charge in [-0.25, -0.2) is 9.36 Å². The molecule has 0 bridgehead atoms. The van der Waals surface area contributed by atoms with Crippen LogP contribution < -0.4 is 30.7 Å². The van der Waals surface area contributed by atoms with Crippen LogP contribution in [0.4, 0.5) is 16.2 Å². The van der Waals surface area contributed by atoms with Gasteiger partial charge in [0, 0.05) is 42.9 Å². The molecule has 6 N–H and O–H groups in total. The van der Waals surface area contributed by atoms with Gasteiger partial charge in [-0.3, -0.25) is 15.0 Å². The first-order chi connectivity index (χ1) is 21.5. The minimum Gasteiger partial charge on any atom is -0.426 e. The van der Waals surface area contributed by atoms with Crippen LogP contribution in [0.15, 0.2) is 103 Å². The number of carbonyl (C=O) groups excluding carboxylic acids is 3. The van der Waals surface area contributed by atoms with Gasteiger partial charge in [-0.2, -0.15) is 0 Å². The summed E-state index contributed by atoms with van der Waals surface area (Å²) in [6, 6.07) is 27.3. The number of nitrogens with one attached hydrogen (secondary N) is 4. The topological polar surface area (TPSA) is 182 Å². The molecule has 0 spiro atoms. The largest absolute Gasteiger partial charge is 0.475 e. The third-order valence-corrected chi connectivity index (χ3v) is 7.99. The highest BCUT2D eigenvalue weighted by molar-refractivity contribution is 7.54. The fourth-order valence-electron chi connectivity index (χ4n) is 4.10. The van der Waals surface area contributed by atoms with E-state index < -0.39 is 19.5 Å². The van der Waals surface area contributed by atoms with Crippen molar-refractivity contribution in [2.75, 3.05) is 10.6 Å². The second kappa shape index (κ2) is 14.7. The number of hydrogen-bond donors (Lipinski definition) is 5. The molecule has 13 heteroatoms. The maximum Gasteiger partial charge on any atom is 0.475 e. The van der Waals surface area contributed by atoms with Crippen molar-refractivity contribution in [3.63, 3.8) is 0 Å². The predicted molar refractivity (Wildman–Crippen MR) is 170 cm³/mol. The molecule has 0 fully saturated rings. The summed E-state index contributed by atoms with van der Waals surface area (Å²) in [6.07, 6.45) is -0.911. The standard InChI is InChI=1S/C32H32N5O7P/c1-21(38)36-26-11-15-28(16-12-26)43-45(41,44-29-17-13-27(14-18-29)37-22(2)39)31(25-10-6-9-24(19-25)30(33)34)42-32(40)35-20-23-7-4-3-5-8-23/h3-19,31H,20H2,1-2H3,(H3,33,34)(H,35,40)(H,36,38)(H,37,39). The molecule has 0 aromatic heterocycles. The lowest BCUT2D eigenvalue weighted by Gasteiger charge is -2.28. The Kier molecular flexibility index (Phi) is 10.6. The highest BCUT2D eigenvalue weighted by Gasteiger charge is 2.44. The first-order valence-electron chi connectivity index (χ1n) is 13.7. The molecule has 3 amide bonds. The summed E-state index contributed by atoms with van der Waals surface area (Å²) in [5.41, 5.74) is 7.95. The molecule has 12 nitrogen and oxygen atoms in total. The molecule has 0 radical (unpaired) electrons. The Bertz CT molecular complexity index is 1650. The number of carbonyl (C=O) groups is 3. The SMILES string of the molecule is CC(=O)Nc1ccc(OP(=O)(Oc2ccc(NC(C)=O)cc2)C(OC(=O)NCc2ccccc2)c2cccc(C(=N)N)c2)cc1. The molecule has 0 aliphatic rings. The van der Waals surface area contributed by atoms with E-state index in [0.29, 0.717) is 11.4 Å². The number of rotatable bonds is 12. The van der Waals surface area contributed by atoms with E-state index in [1.54, 1.807) is 42.5 Å². The number of ether oxygens (including phenoxy) is 1. The van der Waals surface area contributed by atoms with Crippen molar-refractivity contribution in [1.29, 1.82) is 5.41 Å². The summed E-state index contributed by atoms with van der Waals surface area (Å²) in [4.78, 5) is 36.1. The van der Waals surface area contributed by atoms with E-state index in [0.717, 1.165) is 5.56 Å². The van der Waals surface area contributed by atoms with Gasteiger partial charge in [-0.05, 0) is 60.2 Å². The summed E-state index contributed by atoms with van der Waals surface area (Å²) in [7, 11) is -4.55. The van der Waals surface area contributed by atoms with Crippen LogP contribution in [0.5, 0.6) is 11.5 Å². The second-order valence-corrected chi connectivity index (χ2v) is 11.7. The van der Waals surface area contributed by atoms with Crippen LogP contribution in [0.1, 0.15) is 36.4 Å². The normalized spacial score (nSPS) is 11.4. The lowest BCUT2D eigenvalue weighted by Crippen LogP contribution is -2.27. The summed E-state index contributed by atoms with van der Waals surface area (Å²) >= 11 is 0.